The first kappa shape index (κ1) is 13.8. The molecule has 0 saturated carbocycles. The zero-order chi connectivity index (χ0) is 12.3. The second kappa shape index (κ2) is 5.35. The Morgan fingerprint density at radius 2 is 1.81 bits per heavy atom. The summed E-state index contributed by atoms with van der Waals surface area (Å²) in [5, 5.41) is 0. The molecular formula is C15H23Br. The van der Waals surface area contributed by atoms with Crippen molar-refractivity contribution in [1.29, 1.82) is 0 Å². The molecule has 0 aliphatic heterocycles. The van der Waals surface area contributed by atoms with Gasteiger partial charge in [-0.05, 0) is 41.4 Å². The quantitative estimate of drug-likeness (QED) is 0.712. The van der Waals surface area contributed by atoms with E-state index in [0.717, 1.165) is 12.8 Å². The zero-order valence-electron chi connectivity index (χ0n) is 11.1. The van der Waals surface area contributed by atoms with E-state index in [9.17, 15) is 0 Å². The number of benzene rings is 1. The van der Waals surface area contributed by atoms with Crippen molar-refractivity contribution in [2.45, 2.75) is 47.5 Å². The Kier molecular flexibility index (Phi) is 4.61. The Labute approximate surface area is 109 Å². The van der Waals surface area contributed by atoms with E-state index in [1.807, 2.05) is 0 Å². The molecule has 1 aromatic carbocycles. The molecular weight excluding hydrogens is 260 g/mol. The second-order valence-corrected chi connectivity index (χ2v) is 7.12. The van der Waals surface area contributed by atoms with Gasteiger partial charge in [-0.25, -0.2) is 0 Å². The molecule has 0 nitrogen and oxygen atoms in total. The van der Waals surface area contributed by atoms with E-state index >= 15 is 0 Å². The summed E-state index contributed by atoms with van der Waals surface area (Å²) in [5.74, 6) is 0.713. The molecule has 0 spiro atoms. The van der Waals surface area contributed by atoms with Crippen molar-refractivity contribution in [1.82, 2.24) is 0 Å². The Balaban J connectivity index is 2.83. The summed E-state index contributed by atoms with van der Waals surface area (Å²) in [5.41, 5.74) is 3.21. The van der Waals surface area contributed by atoms with Crippen LogP contribution in [-0.4, -0.2) is 0 Å². The van der Waals surface area contributed by atoms with E-state index in [2.05, 4.69) is 68.7 Å². The summed E-state index contributed by atoms with van der Waals surface area (Å²) >= 11 is 3.68. The monoisotopic (exact) mass is 282 g/mol. The van der Waals surface area contributed by atoms with Crippen molar-refractivity contribution in [2.75, 3.05) is 0 Å². The van der Waals surface area contributed by atoms with E-state index in [4.69, 9.17) is 0 Å². The lowest BCUT2D eigenvalue weighted by Gasteiger charge is -2.19. The van der Waals surface area contributed by atoms with Crippen LogP contribution in [0, 0.1) is 11.3 Å². The van der Waals surface area contributed by atoms with Crippen molar-refractivity contribution in [3.8, 4) is 0 Å². The molecule has 0 fully saturated rings. The van der Waals surface area contributed by atoms with Crippen LogP contribution in [0.15, 0.2) is 22.7 Å². The molecule has 0 aliphatic carbocycles. The molecule has 0 unspecified atom stereocenters. The van der Waals surface area contributed by atoms with E-state index in [1.54, 1.807) is 0 Å². The molecule has 0 N–H and O–H groups in total. The predicted octanol–water partition coefficient (Wildman–Crippen LogP) is 5.24. The number of hydrogen-bond acceptors (Lipinski definition) is 0. The van der Waals surface area contributed by atoms with Crippen molar-refractivity contribution >= 4 is 15.9 Å². The van der Waals surface area contributed by atoms with Crippen LogP contribution in [0.3, 0.4) is 0 Å². The Morgan fingerprint density at radius 3 is 2.25 bits per heavy atom. The third-order valence-electron chi connectivity index (χ3n) is 2.48. The highest BCUT2D eigenvalue weighted by atomic mass is 79.9. The van der Waals surface area contributed by atoms with Crippen LogP contribution in [0.5, 0.6) is 0 Å². The average molecular weight is 283 g/mol. The Morgan fingerprint density at radius 1 is 1.19 bits per heavy atom. The molecule has 16 heavy (non-hydrogen) atoms. The highest BCUT2D eigenvalue weighted by Crippen LogP contribution is 2.26. The third-order valence-corrected chi connectivity index (χ3v) is 3.22. The lowest BCUT2D eigenvalue weighted by molar-refractivity contribution is 0.411. The van der Waals surface area contributed by atoms with Gasteiger partial charge in [-0.15, -0.1) is 0 Å². The van der Waals surface area contributed by atoms with Crippen LogP contribution >= 0.6 is 15.9 Å². The minimum atomic E-state index is 0.360. The minimum absolute atomic E-state index is 0.360. The molecule has 0 amide bonds. The van der Waals surface area contributed by atoms with Gasteiger partial charge in [0, 0.05) is 4.47 Å². The zero-order valence-corrected chi connectivity index (χ0v) is 12.7. The van der Waals surface area contributed by atoms with Crippen LogP contribution < -0.4 is 0 Å². The SMILES string of the molecule is CC(C)Cc1ccc(CC(C)(C)C)cc1Br. The van der Waals surface area contributed by atoms with Gasteiger partial charge < -0.3 is 0 Å². The lowest BCUT2D eigenvalue weighted by Crippen LogP contribution is -2.09. The van der Waals surface area contributed by atoms with Crippen molar-refractivity contribution in [2.24, 2.45) is 11.3 Å². The second-order valence-electron chi connectivity index (χ2n) is 6.26. The van der Waals surface area contributed by atoms with Crippen LogP contribution in [0.25, 0.3) is 0 Å². The number of rotatable bonds is 3. The van der Waals surface area contributed by atoms with Gasteiger partial charge in [-0.1, -0.05) is 62.7 Å². The summed E-state index contributed by atoms with van der Waals surface area (Å²) in [6.45, 7) is 11.4. The summed E-state index contributed by atoms with van der Waals surface area (Å²) in [6, 6.07) is 6.82. The Hall–Kier alpha value is -0.300. The highest BCUT2D eigenvalue weighted by molar-refractivity contribution is 9.10. The standard InChI is InChI=1S/C15H23Br/c1-11(2)8-13-7-6-12(9-14(13)16)10-15(3,4)5/h6-7,9,11H,8,10H2,1-5H3. The van der Waals surface area contributed by atoms with Gasteiger partial charge in [-0.3, -0.25) is 0 Å². The molecule has 0 saturated heterocycles. The maximum absolute atomic E-state index is 3.68. The third kappa shape index (κ3) is 4.69. The summed E-state index contributed by atoms with van der Waals surface area (Å²) < 4.78 is 1.27. The van der Waals surface area contributed by atoms with Gasteiger partial charge in [0.1, 0.15) is 0 Å². The van der Waals surface area contributed by atoms with Crippen molar-refractivity contribution in [3.05, 3.63) is 33.8 Å². The van der Waals surface area contributed by atoms with Gasteiger partial charge in [-0.2, -0.15) is 0 Å². The fourth-order valence-electron chi connectivity index (χ4n) is 1.92. The van der Waals surface area contributed by atoms with Crippen LogP contribution in [0.1, 0.15) is 45.7 Å². The van der Waals surface area contributed by atoms with E-state index < -0.39 is 0 Å². The molecule has 0 radical (unpaired) electrons. The lowest BCUT2D eigenvalue weighted by atomic mass is 9.87. The van der Waals surface area contributed by atoms with Gasteiger partial charge >= 0.3 is 0 Å². The van der Waals surface area contributed by atoms with Crippen LogP contribution in [0.2, 0.25) is 0 Å². The molecule has 0 heterocycles. The van der Waals surface area contributed by atoms with Gasteiger partial charge in [0.15, 0.2) is 0 Å². The molecule has 0 bridgehead atoms. The Bertz CT molecular complexity index is 345. The predicted molar refractivity (Wildman–Crippen MR) is 75.8 cm³/mol. The van der Waals surface area contributed by atoms with Gasteiger partial charge in [0.05, 0.1) is 0 Å². The first-order chi connectivity index (χ1) is 7.28. The van der Waals surface area contributed by atoms with E-state index in [0.29, 0.717) is 11.3 Å². The number of hydrogen-bond donors (Lipinski definition) is 0. The highest BCUT2D eigenvalue weighted by Gasteiger charge is 2.12. The van der Waals surface area contributed by atoms with Crippen molar-refractivity contribution in [3.63, 3.8) is 0 Å². The van der Waals surface area contributed by atoms with E-state index in [1.165, 1.54) is 15.6 Å². The van der Waals surface area contributed by atoms with Gasteiger partial charge in [0.2, 0.25) is 0 Å². The van der Waals surface area contributed by atoms with Crippen LogP contribution in [-0.2, 0) is 12.8 Å². The number of halogens is 1. The summed E-state index contributed by atoms with van der Waals surface area (Å²) in [7, 11) is 0. The summed E-state index contributed by atoms with van der Waals surface area (Å²) in [6.07, 6.45) is 2.28. The first-order valence-electron chi connectivity index (χ1n) is 6.05. The topological polar surface area (TPSA) is 0 Å². The fraction of sp³-hybridized carbons (Fsp3) is 0.600. The maximum atomic E-state index is 3.68. The molecule has 1 rings (SSSR count). The maximum Gasteiger partial charge on any atom is 0.0210 e. The smallest absolute Gasteiger partial charge is 0.0210 e. The first-order valence-corrected chi connectivity index (χ1v) is 6.84. The van der Waals surface area contributed by atoms with Crippen molar-refractivity contribution < 1.29 is 0 Å². The molecule has 1 aromatic rings. The van der Waals surface area contributed by atoms with E-state index in [-0.39, 0.29) is 0 Å². The molecule has 0 atom stereocenters. The van der Waals surface area contributed by atoms with Crippen LogP contribution in [0.4, 0.5) is 0 Å². The molecule has 1 heteroatoms. The molecule has 0 aromatic heterocycles. The summed E-state index contributed by atoms with van der Waals surface area (Å²) in [4.78, 5) is 0. The minimum Gasteiger partial charge on any atom is -0.0625 e. The fourth-order valence-corrected chi connectivity index (χ4v) is 2.51. The molecule has 0 aliphatic rings. The average Bonchev–Trinajstić information content (AvgIpc) is 2.06. The van der Waals surface area contributed by atoms with Gasteiger partial charge in [0.25, 0.3) is 0 Å². The molecule has 90 valence electrons. The largest absolute Gasteiger partial charge is 0.0625 e. The normalized spacial score (nSPS) is 12.2.